The van der Waals surface area contributed by atoms with Gasteiger partial charge in [0.15, 0.2) is 0 Å². The van der Waals surface area contributed by atoms with E-state index in [1.165, 1.54) is 5.56 Å². The van der Waals surface area contributed by atoms with Crippen molar-refractivity contribution in [2.24, 2.45) is 5.92 Å². The maximum atomic E-state index is 4.59. The molecular weight excluding hydrogens is 198 g/mol. The van der Waals surface area contributed by atoms with E-state index in [0.29, 0.717) is 11.8 Å². The maximum absolute atomic E-state index is 4.59. The van der Waals surface area contributed by atoms with Gasteiger partial charge in [-0.2, -0.15) is 0 Å². The Kier molecular flexibility index (Phi) is 4.27. The van der Waals surface area contributed by atoms with Gasteiger partial charge in [0.2, 0.25) is 0 Å². The minimum Gasteiger partial charge on any atom is -0.373 e. The quantitative estimate of drug-likeness (QED) is 0.848. The predicted molar refractivity (Wildman–Crippen MR) is 68.9 cm³/mol. The van der Waals surface area contributed by atoms with E-state index in [2.05, 4.69) is 49.9 Å². The highest BCUT2D eigenvalue weighted by atomic mass is 15.0. The topological polar surface area (TPSA) is 37.8 Å². The molecule has 0 aliphatic rings. The maximum Gasteiger partial charge on any atom is 0.133 e. The summed E-state index contributed by atoms with van der Waals surface area (Å²) in [7, 11) is 1.92. The molecule has 0 unspecified atom stereocenters. The lowest BCUT2D eigenvalue weighted by molar-refractivity contribution is 0.617. The van der Waals surface area contributed by atoms with Gasteiger partial charge < -0.3 is 5.32 Å². The Morgan fingerprint density at radius 3 is 2.19 bits per heavy atom. The van der Waals surface area contributed by atoms with Crippen molar-refractivity contribution in [1.29, 1.82) is 0 Å². The minimum atomic E-state index is 0.454. The highest BCUT2D eigenvalue weighted by molar-refractivity contribution is 5.47. The summed E-state index contributed by atoms with van der Waals surface area (Å²) >= 11 is 0. The van der Waals surface area contributed by atoms with Gasteiger partial charge in [0.05, 0.1) is 0 Å². The molecule has 1 heterocycles. The lowest BCUT2D eigenvalue weighted by Gasteiger charge is -2.16. The van der Waals surface area contributed by atoms with E-state index in [-0.39, 0.29) is 0 Å². The third-order valence-electron chi connectivity index (χ3n) is 2.59. The molecule has 1 rings (SSSR count). The molecule has 1 N–H and O–H groups in total. The van der Waals surface area contributed by atoms with Gasteiger partial charge in [0.25, 0.3) is 0 Å². The highest BCUT2D eigenvalue weighted by Crippen LogP contribution is 2.25. The van der Waals surface area contributed by atoms with Crippen LogP contribution in [0.1, 0.15) is 50.7 Å². The van der Waals surface area contributed by atoms with Gasteiger partial charge in [-0.3, -0.25) is 0 Å². The van der Waals surface area contributed by atoms with Crippen molar-refractivity contribution >= 4 is 5.82 Å². The summed E-state index contributed by atoms with van der Waals surface area (Å²) in [6, 6.07) is 0. The molecule has 0 aliphatic carbocycles. The zero-order valence-corrected chi connectivity index (χ0v) is 11.3. The number of aryl methyl sites for hydroxylation is 1. The fraction of sp³-hybridized carbons (Fsp3) is 0.692. The minimum absolute atomic E-state index is 0.454. The van der Waals surface area contributed by atoms with E-state index in [0.717, 1.165) is 23.8 Å². The number of anilines is 1. The van der Waals surface area contributed by atoms with E-state index < -0.39 is 0 Å². The molecule has 0 spiro atoms. The van der Waals surface area contributed by atoms with Gasteiger partial charge in [-0.15, -0.1) is 0 Å². The second-order valence-corrected chi connectivity index (χ2v) is 4.99. The lowest BCUT2D eigenvalue weighted by atomic mass is 10.0. The molecular formula is C13H23N3. The van der Waals surface area contributed by atoms with Crippen LogP contribution in [0.25, 0.3) is 0 Å². The number of nitrogens with zero attached hydrogens (tertiary/aromatic N) is 2. The third kappa shape index (κ3) is 2.94. The summed E-state index contributed by atoms with van der Waals surface area (Å²) in [5.41, 5.74) is 2.33. The Labute approximate surface area is 98.7 Å². The molecule has 90 valence electrons. The zero-order chi connectivity index (χ0) is 12.3. The molecule has 0 radical (unpaired) electrons. The third-order valence-corrected chi connectivity index (χ3v) is 2.59. The van der Waals surface area contributed by atoms with Crippen LogP contribution in [0.2, 0.25) is 0 Å². The van der Waals surface area contributed by atoms with Crippen LogP contribution >= 0.6 is 0 Å². The van der Waals surface area contributed by atoms with Crippen molar-refractivity contribution in [3.8, 4) is 0 Å². The van der Waals surface area contributed by atoms with Crippen LogP contribution in [0.4, 0.5) is 5.82 Å². The molecule has 1 aromatic heterocycles. The van der Waals surface area contributed by atoms with Crippen molar-refractivity contribution < 1.29 is 0 Å². The molecule has 0 fully saturated rings. The number of aromatic nitrogens is 2. The first-order valence-electron chi connectivity index (χ1n) is 6.00. The second kappa shape index (κ2) is 5.28. The van der Waals surface area contributed by atoms with E-state index in [9.17, 15) is 0 Å². The van der Waals surface area contributed by atoms with Gasteiger partial charge in [0, 0.05) is 24.7 Å². The van der Waals surface area contributed by atoms with Crippen LogP contribution in [0.5, 0.6) is 0 Å². The van der Waals surface area contributed by atoms with Gasteiger partial charge in [-0.05, 0) is 18.8 Å². The van der Waals surface area contributed by atoms with E-state index >= 15 is 0 Å². The fourth-order valence-electron chi connectivity index (χ4n) is 1.98. The summed E-state index contributed by atoms with van der Waals surface area (Å²) in [4.78, 5) is 9.18. The van der Waals surface area contributed by atoms with Gasteiger partial charge in [0.1, 0.15) is 11.6 Å². The fourth-order valence-corrected chi connectivity index (χ4v) is 1.98. The first-order valence-corrected chi connectivity index (χ1v) is 6.00. The Bertz CT molecular complexity index is 356. The van der Waals surface area contributed by atoms with Crippen molar-refractivity contribution in [3.05, 3.63) is 17.1 Å². The van der Waals surface area contributed by atoms with Crippen LogP contribution in [0.3, 0.4) is 0 Å². The Balaban J connectivity index is 3.16. The number of hydrogen-bond donors (Lipinski definition) is 1. The normalized spacial score (nSPS) is 11.2. The highest BCUT2D eigenvalue weighted by Gasteiger charge is 2.14. The molecule has 0 aliphatic heterocycles. The summed E-state index contributed by atoms with van der Waals surface area (Å²) in [5.74, 6) is 2.98. The molecule has 0 aromatic carbocycles. The van der Waals surface area contributed by atoms with Crippen molar-refractivity contribution in [3.63, 3.8) is 0 Å². The monoisotopic (exact) mass is 221 g/mol. The van der Waals surface area contributed by atoms with Crippen LogP contribution in [-0.4, -0.2) is 17.0 Å². The average molecular weight is 221 g/mol. The van der Waals surface area contributed by atoms with E-state index in [1.54, 1.807) is 0 Å². The summed E-state index contributed by atoms with van der Waals surface area (Å²) in [5, 5.41) is 3.18. The molecule has 0 saturated carbocycles. The number of hydrogen-bond acceptors (Lipinski definition) is 3. The van der Waals surface area contributed by atoms with Crippen LogP contribution in [0, 0.1) is 12.8 Å². The Hall–Kier alpha value is -1.12. The van der Waals surface area contributed by atoms with Gasteiger partial charge in [-0.25, -0.2) is 9.97 Å². The smallest absolute Gasteiger partial charge is 0.133 e. The standard InChI is InChI=1S/C13H23N3/c1-8(2)7-11-15-10(5)12(9(3)4)13(14-6)16-11/h8-9H,7H2,1-6H3,(H,14,15,16). The zero-order valence-electron chi connectivity index (χ0n) is 11.3. The van der Waals surface area contributed by atoms with E-state index in [4.69, 9.17) is 0 Å². The first-order chi connectivity index (χ1) is 7.45. The van der Waals surface area contributed by atoms with Gasteiger partial charge >= 0.3 is 0 Å². The summed E-state index contributed by atoms with van der Waals surface area (Å²) in [6.45, 7) is 10.8. The molecule has 3 nitrogen and oxygen atoms in total. The van der Waals surface area contributed by atoms with Crippen LogP contribution in [0.15, 0.2) is 0 Å². The summed E-state index contributed by atoms with van der Waals surface area (Å²) < 4.78 is 0. The van der Waals surface area contributed by atoms with Crippen LogP contribution < -0.4 is 5.32 Å². The molecule has 3 heteroatoms. The van der Waals surface area contributed by atoms with Crippen LogP contribution in [-0.2, 0) is 6.42 Å². The van der Waals surface area contributed by atoms with Crippen molar-refractivity contribution in [2.45, 2.75) is 47.0 Å². The largest absolute Gasteiger partial charge is 0.373 e. The van der Waals surface area contributed by atoms with Crippen molar-refractivity contribution in [1.82, 2.24) is 9.97 Å². The van der Waals surface area contributed by atoms with Gasteiger partial charge in [-0.1, -0.05) is 27.7 Å². The second-order valence-electron chi connectivity index (χ2n) is 4.99. The number of nitrogens with one attached hydrogen (secondary N) is 1. The summed E-state index contributed by atoms with van der Waals surface area (Å²) in [6.07, 6.45) is 0.938. The molecule has 0 amide bonds. The number of rotatable bonds is 4. The average Bonchev–Trinajstić information content (AvgIpc) is 2.14. The molecule has 0 bridgehead atoms. The van der Waals surface area contributed by atoms with E-state index in [1.807, 2.05) is 7.05 Å². The first kappa shape index (κ1) is 12.9. The molecule has 1 aromatic rings. The molecule has 16 heavy (non-hydrogen) atoms. The molecule has 0 atom stereocenters. The Morgan fingerprint density at radius 2 is 1.75 bits per heavy atom. The lowest BCUT2D eigenvalue weighted by Crippen LogP contribution is -2.10. The molecule has 0 saturated heterocycles. The van der Waals surface area contributed by atoms with Crippen molar-refractivity contribution in [2.75, 3.05) is 12.4 Å². The Morgan fingerprint density at radius 1 is 1.12 bits per heavy atom. The SMILES string of the molecule is CNc1nc(CC(C)C)nc(C)c1C(C)C. The predicted octanol–water partition coefficient (Wildman–Crippen LogP) is 3.15.